The highest BCUT2D eigenvalue weighted by Crippen LogP contribution is 2.45. The summed E-state index contributed by atoms with van der Waals surface area (Å²) in [7, 11) is -9.99. The number of phosphoric acid groups is 2. The average Bonchev–Trinajstić information content (AvgIpc) is 0.918. The van der Waals surface area contributed by atoms with Gasteiger partial charge in [0, 0.05) is 25.7 Å². The minimum Gasteiger partial charge on any atom is -0.462 e. The minimum absolute atomic E-state index is 0.0248. The highest BCUT2D eigenvalue weighted by Gasteiger charge is 2.30. The summed E-state index contributed by atoms with van der Waals surface area (Å²) in [5.41, 5.74) is 0. The second-order valence-electron chi connectivity index (χ2n) is 27.0. The lowest BCUT2D eigenvalue weighted by atomic mass is 10.0. The molecule has 0 saturated heterocycles. The standard InChI is InChI=1S/C85H146O17P2/c1-5-9-13-17-21-25-29-33-37-38-39-40-44-46-50-54-58-62-66-70-83(88)96-76-81(102-85(90)72-68-64-60-56-52-48-43-36-32-28-24-20-16-12-8-4)78-100-104(93,94)98-74-79(86)73-97-103(91,92)99-77-80(101-84(89)71-67-63-59-55-51-47-42-35-31-27-23-19-15-11-7-3)75-95-82(87)69-65-61-57-53-49-45-41-34-30-26-22-18-14-10-6-2/h9,12-13,16,21,24-25,28,33,36-37,39-40,43,46,50,52,56,58,62,79-81,86H,5-8,10-11,14-15,17-20,22-23,26-27,29-32,34-35,38,41-42,44-45,47-49,51,53-55,57,59-61,63-78H2,1-4H3,(H,91,92)(H,93,94)/b13-9-,16-12-,25-21-,28-24-,37-33-,40-39-,43-36-,50-46-,56-52-,62-58-. The molecule has 5 unspecified atom stereocenters. The van der Waals surface area contributed by atoms with Gasteiger partial charge >= 0.3 is 39.5 Å². The van der Waals surface area contributed by atoms with Crippen LogP contribution in [0.3, 0.4) is 0 Å². The SMILES string of the molecule is CC/C=C\C/C=C\C/C=C\C/C=C\C/C=C\C/C=C\CCC(=O)OCC(COP(=O)(O)OCC(O)COP(=O)(O)OCC(COC(=O)CCCCCCCCCCCCCCCCC)OC(=O)CCCCCCCCCCCCCCCCC)OC(=O)CCCC/C=C\C/C=C\C/C=C\C/C=C\CC. The van der Waals surface area contributed by atoms with E-state index in [9.17, 15) is 43.2 Å². The number of aliphatic hydroxyl groups is 1. The van der Waals surface area contributed by atoms with Gasteiger partial charge in [-0.05, 0) is 103 Å². The molecule has 0 aromatic heterocycles. The zero-order valence-electron chi connectivity index (χ0n) is 65.4. The summed E-state index contributed by atoms with van der Waals surface area (Å²) in [6.45, 7) is 4.56. The number of phosphoric ester groups is 2. The zero-order valence-corrected chi connectivity index (χ0v) is 67.2. The van der Waals surface area contributed by atoms with Crippen LogP contribution in [-0.2, 0) is 65.4 Å². The highest BCUT2D eigenvalue weighted by atomic mass is 31.2. The Morgan fingerprint density at radius 2 is 0.519 bits per heavy atom. The van der Waals surface area contributed by atoms with E-state index in [1.165, 1.54) is 135 Å². The van der Waals surface area contributed by atoms with Gasteiger partial charge in [-0.25, -0.2) is 9.13 Å². The number of esters is 4. The molecule has 0 aromatic carbocycles. The van der Waals surface area contributed by atoms with E-state index in [0.717, 1.165) is 109 Å². The van der Waals surface area contributed by atoms with Crippen molar-refractivity contribution in [3.63, 3.8) is 0 Å². The van der Waals surface area contributed by atoms with Crippen molar-refractivity contribution in [1.82, 2.24) is 0 Å². The molecule has 0 bridgehead atoms. The number of rotatable bonds is 76. The Hall–Kier alpha value is -4.54. The van der Waals surface area contributed by atoms with Crippen LogP contribution < -0.4 is 0 Å². The van der Waals surface area contributed by atoms with Gasteiger partial charge in [0.1, 0.15) is 19.3 Å². The van der Waals surface area contributed by atoms with E-state index in [0.29, 0.717) is 38.5 Å². The number of hydrogen-bond acceptors (Lipinski definition) is 15. The minimum atomic E-state index is -5.01. The molecule has 0 aliphatic carbocycles. The lowest BCUT2D eigenvalue weighted by molar-refractivity contribution is -0.161. The van der Waals surface area contributed by atoms with Gasteiger partial charge in [0.2, 0.25) is 0 Å². The topological polar surface area (TPSA) is 237 Å². The molecule has 19 heteroatoms. The lowest BCUT2D eigenvalue weighted by Gasteiger charge is -2.21. The molecule has 0 aliphatic heterocycles. The number of allylic oxidation sites excluding steroid dienone is 20. The van der Waals surface area contributed by atoms with Crippen molar-refractivity contribution in [3.05, 3.63) is 122 Å². The van der Waals surface area contributed by atoms with Crippen LogP contribution in [0.5, 0.6) is 0 Å². The third-order valence-electron chi connectivity index (χ3n) is 17.0. The molecular weight excluding hydrogens is 1350 g/mol. The Labute approximate surface area is 632 Å². The number of aliphatic hydroxyl groups excluding tert-OH is 1. The quantitative estimate of drug-likeness (QED) is 0.0169. The first kappa shape index (κ1) is 99.5. The van der Waals surface area contributed by atoms with Crippen LogP contribution in [-0.4, -0.2) is 96.7 Å². The Kier molecular flexibility index (Phi) is 73.3. The Morgan fingerprint density at radius 3 is 0.827 bits per heavy atom. The second-order valence-corrected chi connectivity index (χ2v) is 29.9. The van der Waals surface area contributed by atoms with Gasteiger partial charge in [-0.3, -0.25) is 37.3 Å². The van der Waals surface area contributed by atoms with Crippen molar-refractivity contribution in [3.8, 4) is 0 Å². The lowest BCUT2D eigenvalue weighted by Crippen LogP contribution is -2.30. The van der Waals surface area contributed by atoms with Crippen molar-refractivity contribution in [2.75, 3.05) is 39.6 Å². The summed E-state index contributed by atoms with van der Waals surface area (Å²) in [5.74, 6) is -2.30. The third-order valence-corrected chi connectivity index (χ3v) is 18.9. The smallest absolute Gasteiger partial charge is 0.462 e. The van der Waals surface area contributed by atoms with Gasteiger partial charge in [-0.1, -0.05) is 329 Å². The largest absolute Gasteiger partial charge is 0.472 e. The molecule has 104 heavy (non-hydrogen) atoms. The molecule has 0 spiro atoms. The van der Waals surface area contributed by atoms with Crippen molar-refractivity contribution >= 4 is 39.5 Å². The van der Waals surface area contributed by atoms with Crippen molar-refractivity contribution < 1.29 is 80.2 Å². The van der Waals surface area contributed by atoms with Gasteiger partial charge in [0.15, 0.2) is 12.2 Å². The van der Waals surface area contributed by atoms with Crippen LogP contribution in [0.1, 0.15) is 336 Å². The molecule has 598 valence electrons. The molecule has 17 nitrogen and oxygen atoms in total. The van der Waals surface area contributed by atoms with Crippen LogP contribution in [0, 0.1) is 0 Å². The number of hydrogen-bond donors (Lipinski definition) is 3. The summed E-state index contributed by atoms with van der Waals surface area (Å²) in [6, 6.07) is 0. The molecular formula is C85H146O17P2. The molecule has 0 aliphatic rings. The Morgan fingerprint density at radius 1 is 0.279 bits per heavy atom. The monoisotopic (exact) mass is 1500 g/mol. The molecule has 0 heterocycles. The maximum atomic E-state index is 13.1. The predicted octanol–water partition coefficient (Wildman–Crippen LogP) is 23.9. The second kappa shape index (κ2) is 76.6. The predicted molar refractivity (Wildman–Crippen MR) is 427 cm³/mol. The summed E-state index contributed by atoms with van der Waals surface area (Å²) in [5, 5.41) is 10.6. The number of ether oxygens (including phenoxy) is 4. The van der Waals surface area contributed by atoms with Crippen molar-refractivity contribution in [1.29, 1.82) is 0 Å². The van der Waals surface area contributed by atoms with Crippen LogP contribution in [0.2, 0.25) is 0 Å². The maximum absolute atomic E-state index is 13.1. The molecule has 0 fully saturated rings. The third kappa shape index (κ3) is 75.7. The summed E-state index contributed by atoms with van der Waals surface area (Å²) < 4.78 is 68.5. The number of carbonyl (C=O) groups excluding carboxylic acids is 4. The normalized spacial score (nSPS) is 14.5. The first-order valence-corrected chi connectivity index (χ1v) is 43.8. The van der Waals surface area contributed by atoms with E-state index in [-0.39, 0.29) is 25.7 Å². The Balaban J connectivity index is 5.44. The van der Waals surface area contributed by atoms with Crippen LogP contribution in [0.15, 0.2) is 122 Å². The van der Waals surface area contributed by atoms with E-state index >= 15 is 0 Å². The van der Waals surface area contributed by atoms with Crippen LogP contribution >= 0.6 is 15.6 Å². The van der Waals surface area contributed by atoms with Crippen LogP contribution in [0.25, 0.3) is 0 Å². The van der Waals surface area contributed by atoms with Gasteiger partial charge in [0.05, 0.1) is 26.4 Å². The first-order chi connectivity index (χ1) is 50.7. The fraction of sp³-hybridized carbons (Fsp3) is 0.718. The first-order valence-electron chi connectivity index (χ1n) is 40.8. The number of unbranched alkanes of at least 4 members (excludes halogenated alkanes) is 30. The van der Waals surface area contributed by atoms with Crippen molar-refractivity contribution in [2.24, 2.45) is 0 Å². The highest BCUT2D eigenvalue weighted by molar-refractivity contribution is 7.47. The van der Waals surface area contributed by atoms with E-state index in [4.69, 9.17) is 37.0 Å². The van der Waals surface area contributed by atoms with Crippen LogP contribution in [0.4, 0.5) is 0 Å². The van der Waals surface area contributed by atoms with E-state index < -0.39 is 97.5 Å². The summed E-state index contributed by atoms with van der Waals surface area (Å²) in [6.07, 6.45) is 84.8. The molecule has 0 radical (unpaired) electrons. The summed E-state index contributed by atoms with van der Waals surface area (Å²) >= 11 is 0. The molecule has 0 amide bonds. The summed E-state index contributed by atoms with van der Waals surface area (Å²) in [4.78, 5) is 73.0. The fourth-order valence-electron chi connectivity index (χ4n) is 10.8. The van der Waals surface area contributed by atoms with Gasteiger partial charge in [-0.2, -0.15) is 0 Å². The van der Waals surface area contributed by atoms with Gasteiger partial charge in [-0.15, -0.1) is 0 Å². The fourth-order valence-corrected chi connectivity index (χ4v) is 12.4. The van der Waals surface area contributed by atoms with E-state index in [2.05, 4.69) is 131 Å². The molecule has 3 N–H and O–H groups in total. The maximum Gasteiger partial charge on any atom is 0.472 e. The molecule has 0 rings (SSSR count). The van der Waals surface area contributed by atoms with Gasteiger partial charge < -0.3 is 33.8 Å². The van der Waals surface area contributed by atoms with Gasteiger partial charge in [0.25, 0.3) is 0 Å². The molecule has 0 saturated carbocycles. The van der Waals surface area contributed by atoms with E-state index in [1.54, 1.807) is 0 Å². The Bertz CT molecular complexity index is 2440. The zero-order chi connectivity index (χ0) is 76.0. The average molecular weight is 1500 g/mol. The molecule has 0 aromatic rings. The van der Waals surface area contributed by atoms with E-state index in [1.807, 2.05) is 18.2 Å². The molecule has 5 atom stereocenters. The number of carbonyl (C=O) groups is 4. The van der Waals surface area contributed by atoms with Crippen molar-refractivity contribution in [2.45, 2.75) is 354 Å².